The summed E-state index contributed by atoms with van der Waals surface area (Å²) in [6, 6.07) is 34.2. The molecule has 2 aliphatic rings. The van der Waals surface area contributed by atoms with Crippen LogP contribution < -0.4 is 8.62 Å². The van der Waals surface area contributed by atoms with Gasteiger partial charge in [-0.25, -0.2) is 0 Å². The van der Waals surface area contributed by atoms with Crippen LogP contribution in [0.1, 0.15) is 27.8 Å². The van der Waals surface area contributed by atoms with E-state index in [1.807, 2.05) is 0 Å². The third-order valence-corrected chi connectivity index (χ3v) is 16.2. The standard InChI is InChI=1S/C16H14P.C13H9.Hf/c1-12-6-2-5-9-15(12)17-16-11-10-13-7-3-4-8-14(13)16;1-3-7-12-10(5-1)9-11-6-2-4-8-13(11)12;/h2-11,17H,1H3;1-5,7-8H,9H2;. The fraction of sp³-hybridized carbons (Fsp3) is 0.103. The van der Waals surface area contributed by atoms with E-state index in [9.17, 15) is 0 Å². The molecule has 0 saturated heterocycles. The van der Waals surface area contributed by atoms with Crippen LogP contribution in [-0.4, -0.2) is 0 Å². The quantitative estimate of drug-likeness (QED) is 0.177. The predicted octanol–water partition coefficient (Wildman–Crippen LogP) is 6.16. The van der Waals surface area contributed by atoms with Gasteiger partial charge in [-0.3, -0.25) is 0 Å². The van der Waals surface area contributed by atoms with E-state index in [2.05, 4.69) is 110 Å². The van der Waals surface area contributed by atoms with Gasteiger partial charge < -0.3 is 0 Å². The van der Waals surface area contributed by atoms with Gasteiger partial charge in [-0.2, -0.15) is 0 Å². The van der Waals surface area contributed by atoms with E-state index in [1.165, 1.54) is 33.1 Å². The van der Waals surface area contributed by atoms with Gasteiger partial charge in [0.2, 0.25) is 0 Å². The molecule has 6 rings (SSSR count). The van der Waals surface area contributed by atoms with E-state index in [-0.39, 0.29) is 2.91 Å². The molecule has 0 spiro atoms. The van der Waals surface area contributed by atoms with Crippen molar-refractivity contribution in [1.29, 1.82) is 0 Å². The van der Waals surface area contributed by atoms with Crippen LogP contribution in [0.25, 0.3) is 17.2 Å². The molecular weight excluding hydrogens is 558 g/mol. The van der Waals surface area contributed by atoms with Crippen LogP contribution in [0.2, 0.25) is 0 Å². The molecule has 0 heterocycles. The van der Waals surface area contributed by atoms with Crippen LogP contribution in [0.15, 0.2) is 97.1 Å². The number of hydrogen-bond donors (Lipinski definition) is 0. The van der Waals surface area contributed by atoms with Crippen molar-refractivity contribution < 1.29 is 22.9 Å². The summed E-state index contributed by atoms with van der Waals surface area (Å²) in [5.41, 5.74) is 10.4. The van der Waals surface area contributed by atoms with Crippen LogP contribution in [-0.2, 0) is 32.2 Å². The number of rotatable bonds is 4. The summed E-state index contributed by atoms with van der Waals surface area (Å²) in [5.74, 6) is 0. The second kappa shape index (κ2) is 7.80. The summed E-state index contributed by atoms with van der Waals surface area (Å²) in [5, 5.41) is 1.52. The van der Waals surface area contributed by atoms with Gasteiger partial charge in [0.15, 0.2) is 0 Å². The van der Waals surface area contributed by atoms with Crippen molar-refractivity contribution in [1.82, 2.24) is 0 Å². The van der Waals surface area contributed by atoms with Crippen molar-refractivity contribution in [2.45, 2.75) is 16.3 Å². The molecule has 0 N–H and O–H groups in total. The fourth-order valence-corrected chi connectivity index (χ4v) is 15.1. The normalized spacial score (nSPS) is 18.2. The van der Waals surface area contributed by atoms with Crippen LogP contribution in [0.5, 0.6) is 0 Å². The van der Waals surface area contributed by atoms with Gasteiger partial charge in [0.1, 0.15) is 0 Å². The average molecular weight is 581 g/mol. The van der Waals surface area contributed by atoms with Crippen molar-refractivity contribution in [3.05, 3.63) is 125 Å². The van der Waals surface area contributed by atoms with E-state index in [4.69, 9.17) is 0 Å². The Balaban J connectivity index is 1.47. The third-order valence-electron chi connectivity index (χ3n) is 6.56. The molecule has 2 atom stereocenters. The zero-order chi connectivity index (χ0) is 20.8. The van der Waals surface area contributed by atoms with Crippen molar-refractivity contribution in [2.75, 3.05) is 0 Å². The molecule has 2 aliphatic carbocycles. The monoisotopic (exact) mass is 582 g/mol. The molecular formula is C29H23HfP. The van der Waals surface area contributed by atoms with E-state index in [0.29, 0.717) is 0 Å². The Morgan fingerprint density at radius 1 is 0.774 bits per heavy atom. The maximum absolute atomic E-state index is 2.58. The van der Waals surface area contributed by atoms with Gasteiger partial charge in [-0.15, -0.1) is 0 Å². The molecule has 4 aromatic rings. The third kappa shape index (κ3) is 3.34. The van der Waals surface area contributed by atoms with E-state index < -0.39 is 22.9 Å². The van der Waals surface area contributed by atoms with E-state index in [0.717, 1.165) is 15.0 Å². The van der Waals surface area contributed by atoms with Crippen molar-refractivity contribution in [3.63, 3.8) is 0 Å². The van der Waals surface area contributed by atoms with Crippen LogP contribution >= 0.6 is 8.58 Å². The molecule has 2 unspecified atom stereocenters. The van der Waals surface area contributed by atoms with Crippen LogP contribution in [0.4, 0.5) is 0 Å². The SMILES string of the molecule is Cc1ccccc1P[C]1([Hf][c]2cccc3c2Cc2ccccc2-3)C=Cc2ccccc21. The topological polar surface area (TPSA) is 0 Å². The minimum atomic E-state index is -1.29. The molecule has 0 amide bonds. The van der Waals surface area contributed by atoms with Gasteiger partial charge in [-0.05, 0) is 0 Å². The van der Waals surface area contributed by atoms with E-state index >= 15 is 0 Å². The molecule has 2 heteroatoms. The number of fused-ring (bicyclic) bond motifs is 4. The average Bonchev–Trinajstić information content (AvgIpc) is 3.36. The van der Waals surface area contributed by atoms with E-state index in [1.54, 1.807) is 14.4 Å². The molecule has 31 heavy (non-hydrogen) atoms. The first-order chi connectivity index (χ1) is 15.2. The maximum atomic E-state index is 2.58. The first kappa shape index (κ1) is 19.6. The minimum absolute atomic E-state index is 0.215. The van der Waals surface area contributed by atoms with Crippen molar-refractivity contribution in [3.8, 4) is 11.1 Å². The molecule has 0 saturated carbocycles. The van der Waals surface area contributed by atoms with Gasteiger partial charge in [0, 0.05) is 0 Å². The number of allylic oxidation sites excluding steroid dienone is 1. The first-order valence-corrected chi connectivity index (χ1v) is 15.4. The van der Waals surface area contributed by atoms with Gasteiger partial charge in [0.05, 0.1) is 0 Å². The summed E-state index contributed by atoms with van der Waals surface area (Å²) < 4.78 is 1.91. The zero-order valence-electron chi connectivity index (χ0n) is 17.5. The van der Waals surface area contributed by atoms with Crippen LogP contribution in [0, 0.1) is 6.92 Å². The summed E-state index contributed by atoms with van der Waals surface area (Å²) in [6.07, 6.45) is 6.07. The Hall–Kier alpha value is -2.08. The van der Waals surface area contributed by atoms with Gasteiger partial charge >= 0.3 is 198 Å². The molecule has 4 aromatic carbocycles. The fourth-order valence-electron chi connectivity index (χ4n) is 4.97. The summed E-state index contributed by atoms with van der Waals surface area (Å²) >= 11 is -1.29. The second-order valence-electron chi connectivity index (χ2n) is 8.46. The Labute approximate surface area is 197 Å². The molecule has 0 bridgehead atoms. The van der Waals surface area contributed by atoms with Crippen molar-refractivity contribution in [2.24, 2.45) is 0 Å². The number of hydrogen-bond acceptors (Lipinski definition) is 0. The Morgan fingerprint density at radius 3 is 2.48 bits per heavy atom. The Bertz CT molecular complexity index is 1340. The molecule has 148 valence electrons. The number of benzene rings is 4. The zero-order valence-corrected chi connectivity index (χ0v) is 22.1. The summed E-state index contributed by atoms with van der Waals surface area (Å²) in [4.78, 5) is 0. The molecule has 0 radical (unpaired) electrons. The van der Waals surface area contributed by atoms with Crippen LogP contribution in [0.3, 0.4) is 0 Å². The van der Waals surface area contributed by atoms with Crippen molar-refractivity contribution >= 4 is 23.3 Å². The summed E-state index contributed by atoms with van der Waals surface area (Å²) in [7, 11) is 0.793. The predicted molar refractivity (Wildman–Crippen MR) is 131 cm³/mol. The Kier molecular flexibility index (Phi) is 4.93. The Morgan fingerprint density at radius 2 is 1.55 bits per heavy atom. The van der Waals surface area contributed by atoms with Gasteiger partial charge in [-0.1, -0.05) is 0 Å². The second-order valence-corrected chi connectivity index (χ2v) is 17.5. The first-order valence-electron chi connectivity index (χ1n) is 10.8. The van der Waals surface area contributed by atoms with Gasteiger partial charge in [0.25, 0.3) is 0 Å². The molecule has 0 fully saturated rings. The number of aryl methyl sites for hydroxylation is 1. The molecule has 0 nitrogen and oxygen atoms in total. The molecule has 0 aromatic heterocycles. The summed E-state index contributed by atoms with van der Waals surface area (Å²) in [6.45, 7) is 2.27. The molecule has 0 aliphatic heterocycles.